The number of rotatable bonds is 3. The zero-order chi connectivity index (χ0) is 11.2. The number of fused-ring (bicyclic) bond motifs is 1. The Bertz CT molecular complexity index is 412. The normalized spacial score (nSPS) is 25.1. The molecule has 16 heavy (non-hydrogen) atoms. The molecule has 1 aliphatic carbocycles. The monoisotopic (exact) mass is 234 g/mol. The zero-order valence-electron chi connectivity index (χ0n) is 8.98. The van der Waals surface area contributed by atoms with Gasteiger partial charge in [0.15, 0.2) is 0 Å². The van der Waals surface area contributed by atoms with Crippen molar-refractivity contribution in [3.8, 4) is 0 Å². The number of hydrogen-bond acceptors (Lipinski definition) is 2. The van der Waals surface area contributed by atoms with Gasteiger partial charge in [0.25, 0.3) is 0 Å². The topological polar surface area (TPSA) is 37.3 Å². The smallest absolute Gasteiger partial charge is 0.309 e. The van der Waals surface area contributed by atoms with Crippen LogP contribution in [0.15, 0.2) is 29.2 Å². The first-order valence-electron chi connectivity index (χ1n) is 5.68. The number of carboxylic acid groups (broad SMARTS) is 1. The molecule has 0 bridgehead atoms. The number of carboxylic acids is 1. The summed E-state index contributed by atoms with van der Waals surface area (Å²) in [4.78, 5) is 12.5. The minimum Gasteiger partial charge on any atom is -0.481 e. The van der Waals surface area contributed by atoms with E-state index in [1.807, 2.05) is 11.8 Å². The first-order chi connectivity index (χ1) is 7.70. The van der Waals surface area contributed by atoms with E-state index in [0.29, 0.717) is 5.25 Å². The van der Waals surface area contributed by atoms with Crippen LogP contribution >= 0.6 is 11.8 Å². The summed E-state index contributed by atoms with van der Waals surface area (Å²) >= 11 is 1.86. The van der Waals surface area contributed by atoms with Crippen molar-refractivity contribution in [1.82, 2.24) is 0 Å². The Kier molecular flexibility index (Phi) is 2.25. The van der Waals surface area contributed by atoms with Gasteiger partial charge in [-0.1, -0.05) is 18.2 Å². The summed E-state index contributed by atoms with van der Waals surface area (Å²) < 4.78 is 0. The van der Waals surface area contributed by atoms with Crippen molar-refractivity contribution in [2.75, 3.05) is 0 Å². The van der Waals surface area contributed by atoms with E-state index < -0.39 is 5.97 Å². The summed E-state index contributed by atoms with van der Waals surface area (Å²) in [6, 6.07) is 8.41. The van der Waals surface area contributed by atoms with Gasteiger partial charge in [0.1, 0.15) is 0 Å². The Morgan fingerprint density at radius 3 is 2.81 bits per heavy atom. The van der Waals surface area contributed by atoms with Crippen molar-refractivity contribution in [2.24, 2.45) is 5.41 Å². The van der Waals surface area contributed by atoms with Gasteiger partial charge >= 0.3 is 5.97 Å². The van der Waals surface area contributed by atoms with E-state index in [2.05, 4.69) is 24.3 Å². The number of hydrogen-bond donors (Lipinski definition) is 1. The minimum atomic E-state index is -0.593. The van der Waals surface area contributed by atoms with Crippen LogP contribution in [-0.2, 0) is 11.2 Å². The summed E-state index contributed by atoms with van der Waals surface area (Å²) in [6.45, 7) is 0. The van der Waals surface area contributed by atoms with Gasteiger partial charge in [-0.15, -0.1) is 11.8 Å². The molecule has 2 aliphatic rings. The third-order valence-electron chi connectivity index (χ3n) is 3.64. The van der Waals surface area contributed by atoms with Crippen LogP contribution in [-0.4, -0.2) is 16.3 Å². The van der Waals surface area contributed by atoms with Crippen LogP contribution in [0.3, 0.4) is 0 Å². The molecule has 0 radical (unpaired) electrons. The Morgan fingerprint density at radius 1 is 1.44 bits per heavy atom. The molecule has 84 valence electrons. The third kappa shape index (κ3) is 1.63. The Balaban J connectivity index is 1.71. The predicted octanol–water partition coefficient (Wildman–Crippen LogP) is 2.96. The van der Waals surface area contributed by atoms with Gasteiger partial charge in [-0.2, -0.15) is 0 Å². The second-order valence-corrected chi connectivity index (χ2v) is 6.18. The first-order valence-corrected chi connectivity index (χ1v) is 6.56. The van der Waals surface area contributed by atoms with E-state index in [0.717, 1.165) is 25.7 Å². The lowest BCUT2D eigenvalue weighted by Crippen LogP contribution is -2.20. The maximum absolute atomic E-state index is 11.1. The summed E-state index contributed by atoms with van der Waals surface area (Å²) in [7, 11) is 0. The standard InChI is InChI=1S/C13H14O2S/c14-12(15)13(5-6-13)8-10-7-9-3-1-2-4-11(9)16-10/h1-4,10H,5-8H2,(H,14,15). The quantitative estimate of drug-likeness (QED) is 0.873. The van der Waals surface area contributed by atoms with Crippen LogP contribution < -0.4 is 0 Å². The van der Waals surface area contributed by atoms with E-state index in [9.17, 15) is 9.90 Å². The van der Waals surface area contributed by atoms with Crippen molar-refractivity contribution in [1.29, 1.82) is 0 Å². The molecular weight excluding hydrogens is 220 g/mol. The molecule has 3 rings (SSSR count). The maximum Gasteiger partial charge on any atom is 0.309 e. The average molecular weight is 234 g/mol. The van der Waals surface area contributed by atoms with Gasteiger partial charge in [-0.3, -0.25) is 4.79 Å². The lowest BCUT2D eigenvalue weighted by atomic mass is 9.97. The fourth-order valence-corrected chi connectivity index (χ4v) is 3.94. The maximum atomic E-state index is 11.1. The van der Waals surface area contributed by atoms with Crippen LogP contribution in [0.5, 0.6) is 0 Å². The van der Waals surface area contributed by atoms with Gasteiger partial charge < -0.3 is 5.11 Å². The summed E-state index contributed by atoms with van der Waals surface area (Å²) in [6.07, 6.45) is 3.61. The molecule has 1 unspecified atom stereocenters. The molecule has 2 nitrogen and oxygen atoms in total. The summed E-state index contributed by atoms with van der Waals surface area (Å²) in [5, 5.41) is 9.64. The number of aliphatic carboxylic acids is 1. The molecule has 1 heterocycles. The number of benzene rings is 1. The van der Waals surface area contributed by atoms with Crippen LogP contribution in [0.25, 0.3) is 0 Å². The summed E-state index contributed by atoms with van der Waals surface area (Å²) in [5.41, 5.74) is 1.01. The number of thioether (sulfide) groups is 1. The van der Waals surface area contributed by atoms with Crippen LogP contribution in [0.1, 0.15) is 24.8 Å². The Hall–Kier alpha value is -0.960. The molecular formula is C13H14O2S. The Labute approximate surface area is 99.1 Å². The highest BCUT2D eigenvalue weighted by Crippen LogP contribution is 2.53. The molecule has 1 aromatic carbocycles. The highest BCUT2D eigenvalue weighted by Gasteiger charge is 2.51. The molecule has 1 saturated carbocycles. The van der Waals surface area contributed by atoms with E-state index >= 15 is 0 Å². The predicted molar refractivity (Wildman–Crippen MR) is 63.7 cm³/mol. The Morgan fingerprint density at radius 2 is 2.19 bits per heavy atom. The SMILES string of the molecule is O=C(O)C1(CC2Cc3ccccc3S2)CC1. The van der Waals surface area contributed by atoms with Gasteiger partial charge in [0.2, 0.25) is 0 Å². The highest BCUT2D eigenvalue weighted by atomic mass is 32.2. The fourth-order valence-electron chi connectivity index (χ4n) is 2.46. The molecule has 1 N–H and O–H groups in total. The average Bonchev–Trinajstić information content (AvgIpc) is 2.92. The van der Waals surface area contributed by atoms with E-state index in [-0.39, 0.29) is 5.41 Å². The van der Waals surface area contributed by atoms with Crippen molar-refractivity contribution >= 4 is 17.7 Å². The van der Waals surface area contributed by atoms with Crippen LogP contribution in [0, 0.1) is 5.41 Å². The van der Waals surface area contributed by atoms with Gasteiger partial charge in [0.05, 0.1) is 5.41 Å². The lowest BCUT2D eigenvalue weighted by molar-refractivity contribution is -0.143. The van der Waals surface area contributed by atoms with Crippen molar-refractivity contribution in [3.05, 3.63) is 29.8 Å². The summed E-state index contributed by atoms with van der Waals surface area (Å²) in [5.74, 6) is -0.593. The molecule has 1 atom stereocenters. The van der Waals surface area contributed by atoms with Gasteiger partial charge in [-0.05, 0) is 37.3 Å². The lowest BCUT2D eigenvalue weighted by Gasteiger charge is -2.14. The van der Waals surface area contributed by atoms with E-state index in [4.69, 9.17) is 0 Å². The molecule has 0 aromatic heterocycles. The molecule has 3 heteroatoms. The minimum absolute atomic E-state index is 0.375. The molecule has 0 saturated heterocycles. The largest absolute Gasteiger partial charge is 0.481 e. The zero-order valence-corrected chi connectivity index (χ0v) is 9.80. The molecule has 1 aromatic rings. The van der Waals surface area contributed by atoms with Gasteiger partial charge in [-0.25, -0.2) is 0 Å². The van der Waals surface area contributed by atoms with E-state index in [1.165, 1.54) is 10.5 Å². The van der Waals surface area contributed by atoms with Gasteiger partial charge in [0, 0.05) is 10.1 Å². The molecule has 0 amide bonds. The van der Waals surface area contributed by atoms with Crippen LogP contribution in [0.2, 0.25) is 0 Å². The van der Waals surface area contributed by atoms with Crippen molar-refractivity contribution in [3.63, 3.8) is 0 Å². The second kappa shape index (κ2) is 3.52. The second-order valence-electron chi connectivity index (χ2n) is 4.84. The number of carbonyl (C=O) groups is 1. The molecule has 0 spiro atoms. The van der Waals surface area contributed by atoms with Crippen molar-refractivity contribution in [2.45, 2.75) is 35.8 Å². The third-order valence-corrected chi connectivity index (χ3v) is 4.96. The first kappa shape index (κ1) is 10.2. The fraction of sp³-hybridized carbons (Fsp3) is 0.462. The van der Waals surface area contributed by atoms with Crippen molar-refractivity contribution < 1.29 is 9.90 Å². The van der Waals surface area contributed by atoms with E-state index in [1.54, 1.807) is 0 Å². The molecule has 1 aliphatic heterocycles. The highest BCUT2D eigenvalue weighted by molar-refractivity contribution is 8.00. The van der Waals surface area contributed by atoms with Crippen LogP contribution in [0.4, 0.5) is 0 Å². The molecule has 1 fully saturated rings.